The number of aromatic nitrogens is 10. The minimum absolute atomic E-state index is 0.0388. The van der Waals surface area contributed by atoms with Crippen molar-refractivity contribution in [3.05, 3.63) is 237 Å². The molecule has 8 aromatic heterocycles. The number of nitriles is 1. The highest BCUT2D eigenvalue weighted by atomic mass is 79.9. The molecule has 107 heavy (non-hydrogen) atoms. The summed E-state index contributed by atoms with van der Waals surface area (Å²) in [6.07, 6.45) is 12.0. The van der Waals surface area contributed by atoms with Crippen molar-refractivity contribution in [1.29, 1.82) is 5.26 Å². The Kier molecular flexibility index (Phi) is 21.7. The van der Waals surface area contributed by atoms with Crippen LogP contribution in [0.1, 0.15) is 94.9 Å². The molecule has 11 heterocycles. The maximum absolute atomic E-state index is 13.5. The lowest BCUT2D eigenvalue weighted by molar-refractivity contribution is -0.142. The largest absolute Gasteiger partial charge is 0.348 e. The zero-order chi connectivity index (χ0) is 76.4. The fraction of sp³-hybridized carbons (Fsp3) is 0.295. The van der Waals surface area contributed by atoms with Gasteiger partial charge in [-0.3, -0.25) is 66.2 Å². The third-order valence-electron chi connectivity index (χ3n) is 18.5. The summed E-state index contributed by atoms with van der Waals surface area (Å²) in [5.74, 6) is -2.14. The van der Waals surface area contributed by atoms with E-state index in [2.05, 4.69) is 105 Å². The number of benzene rings is 3. The van der Waals surface area contributed by atoms with Gasteiger partial charge in [0.15, 0.2) is 0 Å². The summed E-state index contributed by atoms with van der Waals surface area (Å²) in [7, 11) is 3.63. The Balaban J connectivity index is 0.000000151. The van der Waals surface area contributed by atoms with Crippen molar-refractivity contribution < 1.29 is 28.8 Å². The summed E-state index contributed by atoms with van der Waals surface area (Å²) < 4.78 is 7.93. The number of likely N-dealkylation sites (tertiary alicyclic amines) is 3. The van der Waals surface area contributed by atoms with Crippen LogP contribution in [0, 0.1) is 27.6 Å². The lowest BCUT2D eigenvalue weighted by Gasteiger charge is -2.45. The molecule has 6 amide bonds. The number of amides is 6. The summed E-state index contributed by atoms with van der Waals surface area (Å²) >= 11 is 15.2. The first-order chi connectivity index (χ1) is 50.8. The number of rotatable bonds is 17. The van der Waals surface area contributed by atoms with Gasteiger partial charge in [-0.15, -0.1) is 0 Å². The van der Waals surface area contributed by atoms with Crippen LogP contribution in [0.2, 0.25) is 10.0 Å². The summed E-state index contributed by atoms with van der Waals surface area (Å²) in [6, 6.07) is 33.1. The maximum Gasteiger partial charge on any atom is 0.265 e. The van der Waals surface area contributed by atoms with E-state index in [1.165, 1.54) is 31.9 Å². The zero-order valence-corrected chi connectivity index (χ0v) is 63.1. The van der Waals surface area contributed by atoms with E-state index in [4.69, 9.17) is 28.5 Å². The van der Waals surface area contributed by atoms with E-state index in [0.717, 1.165) is 38.9 Å². The first-order valence-electron chi connectivity index (χ1n) is 34.3. The van der Waals surface area contributed by atoms with Gasteiger partial charge in [-0.25, -0.2) is 15.0 Å². The average molecular weight is 1550 g/mol. The molecule has 548 valence electrons. The minimum Gasteiger partial charge on any atom is -0.348 e. The highest BCUT2D eigenvalue weighted by Gasteiger charge is 2.40. The predicted molar refractivity (Wildman–Crippen MR) is 409 cm³/mol. The van der Waals surface area contributed by atoms with E-state index in [0.29, 0.717) is 92.5 Å². The molecular formula is C78H76BrCl2N17O9. The van der Waals surface area contributed by atoms with E-state index >= 15 is 0 Å². The highest BCUT2D eigenvalue weighted by molar-refractivity contribution is 9.10. The molecule has 0 unspecified atom stereocenters. The third kappa shape index (κ3) is 17.6. The molecule has 29 heteroatoms. The van der Waals surface area contributed by atoms with Crippen molar-refractivity contribution in [1.82, 2.24) is 78.9 Å². The molecule has 0 bridgehead atoms. The number of aryl methyl sites for hydroxylation is 2. The van der Waals surface area contributed by atoms with E-state index in [1.807, 2.05) is 38.6 Å². The number of carbonyl (C=O) groups excluding carboxylic acids is 6. The van der Waals surface area contributed by atoms with Gasteiger partial charge in [-0.1, -0.05) is 101 Å². The maximum atomic E-state index is 13.5. The van der Waals surface area contributed by atoms with E-state index < -0.39 is 34.4 Å². The van der Waals surface area contributed by atoms with Crippen molar-refractivity contribution >= 4 is 108 Å². The van der Waals surface area contributed by atoms with Gasteiger partial charge >= 0.3 is 0 Å². The second-order valence-electron chi connectivity index (χ2n) is 29.3. The molecule has 11 aromatic rings. The molecule has 3 fully saturated rings. The van der Waals surface area contributed by atoms with Crippen LogP contribution in [-0.2, 0) is 67.7 Å². The fourth-order valence-corrected chi connectivity index (χ4v) is 13.7. The van der Waals surface area contributed by atoms with Gasteiger partial charge in [0.1, 0.15) is 53.3 Å². The molecule has 3 aliphatic heterocycles. The molecule has 0 aliphatic carbocycles. The Hall–Kier alpha value is -11.5. The standard InChI is InChI=1S/C28H27N7O3.C27H27ClN6O3.C23H22BrClN4O3/c1-28(2)16-34(17-28)24(36)15-35-25-20(8-21(12-30-25)22-13-32-33(3)14-22)9-23(27(35)38)26(37)31-11-19-6-4-18(10-29)5-7-19;1-27(2)15-33(16-27)23(35)14-34-24-18(8-19(11-29-24)20-12-31-32(3)13-20)9-22(26(34)37)25(36)30-10-17-4-6-21(28)7-5-17;1-23(2)12-28(13-23)19(30)11-29-20-15(7-16(24)10-26-20)8-18(22(29)32)21(31)27-9-14-3-5-17(25)6-4-14/h4-9,12-14H,11,15-17H2,1-3H3,(H,31,37);4-9,11-13H,10,14-16H2,1-3H3,(H,30,36);3-8,10H,9,11-13H2,1-2H3,(H,27,31). The van der Waals surface area contributed by atoms with Gasteiger partial charge in [0, 0.05) is 157 Å². The number of halogens is 3. The Bertz CT molecular complexity index is 5560. The smallest absolute Gasteiger partial charge is 0.265 e. The third-order valence-corrected chi connectivity index (χ3v) is 19.4. The Labute approximate surface area is 632 Å². The van der Waals surface area contributed by atoms with Crippen LogP contribution in [0.3, 0.4) is 0 Å². The second kappa shape index (κ2) is 30.9. The number of pyridine rings is 6. The molecule has 3 N–H and O–H groups in total. The van der Waals surface area contributed by atoms with Gasteiger partial charge in [-0.05, 0) is 122 Å². The molecule has 3 saturated heterocycles. The van der Waals surface area contributed by atoms with Gasteiger partial charge in [-0.2, -0.15) is 15.5 Å². The van der Waals surface area contributed by atoms with Crippen LogP contribution in [-0.4, -0.2) is 138 Å². The molecule has 0 radical (unpaired) electrons. The van der Waals surface area contributed by atoms with E-state index in [9.17, 15) is 43.2 Å². The topological polar surface area (TPSA) is 312 Å². The van der Waals surface area contributed by atoms with Crippen molar-refractivity contribution in [2.45, 2.75) is 80.8 Å². The van der Waals surface area contributed by atoms with Gasteiger partial charge in [0.05, 0.1) is 24.0 Å². The van der Waals surface area contributed by atoms with Crippen LogP contribution in [0.15, 0.2) is 171 Å². The molecule has 0 atom stereocenters. The summed E-state index contributed by atoms with van der Waals surface area (Å²) in [6.45, 7) is 16.3. The predicted octanol–water partition coefficient (Wildman–Crippen LogP) is 9.33. The Morgan fingerprint density at radius 2 is 0.757 bits per heavy atom. The minimum atomic E-state index is -0.579. The summed E-state index contributed by atoms with van der Waals surface area (Å²) in [5.41, 5.74) is 5.62. The van der Waals surface area contributed by atoms with Crippen molar-refractivity contribution in [2.75, 3.05) is 39.3 Å². The number of carbonyl (C=O) groups is 6. The SMILES string of the molecule is CC1(C)CN(C(=O)Cn2c(=O)c(C(=O)NCc3ccc(Cl)cc3)cc3cc(Br)cnc32)C1.Cn1cc(-c2cnc3c(c2)cc(C(=O)NCc2ccc(C#N)cc2)c(=O)n3CC(=O)N2CC(C)(C)C2)cn1.Cn1cc(-c2cnc3c(c2)cc(C(=O)NCc2ccc(Cl)cc2)c(=O)n3CC(=O)N2CC(C)(C)C2)cn1. The Morgan fingerprint density at radius 1 is 0.449 bits per heavy atom. The lowest BCUT2D eigenvalue weighted by atomic mass is 9.84. The molecule has 14 rings (SSSR count). The van der Waals surface area contributed by atoms with E-state index in [-0.39, 0.29) is 89.9 Å². The number of nitrogens with one attached hydrogen (secondary N) is 3. The van der Waals surface area contributed by atoms with Crippen LogP contribution < -0.4 is 32.6 Å². The second-order valence-corrected chi connectivity index (χ2v) is 31.1. The normalized spacial score (nSPS) is 14.4. The molecular weight excluding hydrogens is 1470 g/mol. The molecule has 26 nitrogen and oxygen atoms in total. The molecule has 0 spiro atoms. The Morgan fingerprint density at radius 3 is 1.06 bits per heavy atom. The zero-order valence-electron chi connectivity index (χ0n) is 60.0. The van der Waals surface area contributed by atoms with Crippen LogP contribution in [0.25, 0.3) is 55.4 Å². The lowest BCUT2D eigenvalue weighted by Crippen LogP contribution is -2.56. The first kappa shape index (κ1) is 75.2. The number of fused-ring (bicyclic) bond motifs is 3. The molecule has 0 saturated carbocycles. The van der Waals surface area contributed by atoms with Crippen LogP contribution >= 0.6 is 39.1 Å². The number of nitrogens with zero attached hydrogens (tertiary/aromatic N) is 14. The summed E-state index contributed by atoms with van der Waals surface area (Å²) in [5, 5.41) is 28.7. The van der Waals surface area contributed by atoms with Crippen LogP contribution in [0.5, 0.6) is 0 Å². The first-order valence-corrected chi connectivity index (χ1v) is 35.8. The monoisotopic (exact) mass is 1540 g/mol. The van der Waals surface area contributed by atoms with Gasteiger partial charge in [0.2, 0.25) is 17.7 Å². The average Bonchev–Trinajstić information content (AvgIpc) is 1.64. The highest BCUT2D eigenvalue weighted by Crippen LogP contribution is 2.33. The van der Waals surface area contributed by atoms with E-state index in [1.54, 1.807) is 134 Å². The number of hydrogen-bond acceptors (Lipinski definition) is 15. The van der Waals surface area contributed by atoms with Crippen molar-refractivity contribution in [3.63, 3.8) is 0 Å². The number of hydrogen-bond donors (Lipinski definition) is 3. The summed E-state index contributed by atoms with van der Waals surface area (Å²) in [4.78, 5) is 137. The fourth-order valence-electron chi connectivity index (χ4n) is 13.1. The quantitative estimate of drug-likeness (QED) is 0.0764. The molecule has 3 aliphatic rings. The molecule has 3 aromatic carbocycles. The van der Waals surface area contributed by atoms with Gasteiger partial charge < -0.3 is 30.7 Å². The van der Waals surface area contributed by atoms with Crippen molar-refractivity contribution in [2.24, 2.45) is 30.3 Å². The van der Waals surface area contributed by atoms with Crippen molar-refractivity contribution in [3.8, 4) is 28.3 Å². The van der Waals surface area contributed by atoms with Crippen LogP contribution in [0.4, 0.5) is 0 Å². The van der Waals surface area contributed by atoms with Gasteiger partial charge in [0.25, 0.3) is 34.4 Å².